The van der Waals surface area contributed by atoms with Crippen LogP contribution in [-0.2, 0) is 13.1 Å². The summed E-state index contributed by atoms with van der Waals surface area (Å²) in [6.45, 7) is 4.60. The maximum absolute atomic E-state index is 6.07. The van der Waals surface area contributed by atoms with Crippen LogP contribution in [0.4, 0.5) is 0 Å². The number of hydrogen-bond acceptors (Lipinski definition) is 0. The summed E-state index contributed by atoms with van der Waals surface area (Å²) in [6.07, 6.45) is 1.28. The molecule has 1 fully saturated rings. The van der Waals surface area contributed by atoms with Gasteiger partial charge in [-0.1, -0.05) is 59.6 Å². The van der Waals surface area contributed by atoms with Gasteiger partial charge >= 0.3 is 0 Å². The van der Waals surface area contributed by atoms with Crippen molar-refractivity contribution >= 4 is 23.2 Å². The highest BCUT2D eigenvalue weighted by molar-refractivity contribution is 6.42. The lowest BCUT2D eigenvalue weighted by Crippen LogP contribution is -3.10. The molecule has 1 unspecified atom stereocenters. The van der Waals surface area contributed by atoms with Crippen molar-refractivity contribution in [2.24, 2.45) is 0 Å². The van der Waals surface area contributed by atoms with Crippen molar-refractivity contribution in [2.75, 3.05) is 13.1 Å². The van der Waals surface area contributed by atoms with Crippen molar-refractivity contribution < 1.29 is 10.2 Å². The molecular weight excluding hydrogens is 315 g/mol. The summed E-state index contributed by atoms with van der Waals surface area (Å²) in [7, 11) is 0. The fourth-order valence-electron chi connectivity index (χ4n) is 3.18. The van der Waals surface area contributed by atoms with E-state index in [4.69, 9.17) is 23.2 Å². The molecule has 1 aliphatic heterocycles. The van der Waals surface area contributed by atoms with Crippen LogP contribution < -0.4 is 10.2 Å². The molecular formula is C18H22Cl2N2+2. The van der Waals surface area contributed by atoms with E-state index in [2.05, 4.69) is 41.7 Å². The number of nitrogens with two attached hydrogens (primary N) is 1. The number of benzene rings is 2. The van der Waals surface area contributed by atoms with E-state index >= 15 is 0 Å². The van der Waals surface area contributed by atoms with Crippen molar-refractivity contribution in [3.05, 3.63) is 69.7 Å². The van der Waals surface area contributed by atoms with Gasteiger partial charge in [-0.2, -0.15) is 0 Å². The van der Waals surface area contributed by atoms with Gasteiger partial charge in [-0.15, -0.1) is 0 Å². The van der Waals surface area contributed by atoms with Crippen molar-refractivity contribution in [2.45, 2.75) is 25.6 Å². The Hall–Kier alpha value is -1.06. The van der Waals surface area contributed by atoms with Crippen molar-refractivity contribution in [1.29, 1.82) is 0 Å². The van der Waals surface area contributed by atoms with Crippen LogP contribution in [0.25, 0.3) is 0 Å². The van der Waals surface area contributed by atoms with Gasteiger partial charge in [-0.05, 0) is 12.1 Å². The quantitative estimate of drug-likeness (QED) is 0.832. The number of rotatable bonds is 5. The number of quaternary nitrogens is 2. The molecule has 0 bridgehead atoms. The lowest BCUT2D eigenvalue weighted by Gasteiger charge is -2.13. The zero-order chi connectivity index (χ0) is 15.4. The molecule has 3 rings (SSSR count). The van der Waals surface area contributed by atoms with Gasteiger partial charge in [-0.25, -0.2) is 0 Å². The molecule has 2 aromatic carbocycles. The second-order valence-electron chi connectivity index (χ2n) is 6.10. The molecule has 3 N–H and O–H groups in total. The molecule has 0 spiro atoms. The van der Waals surface area contributed by atoms with E-state index in [0.717, 1.165) is 13.1 Å². The predicted molar refractivity (Wildman–Crippen MR) is 91.3 cm³/mol. The average molecular weight is 337 g/mol. The summed E-state index contributed by atoms with van der Waals surface area (Å²) in [5.74, 6) is 0. The Balaban J connectivity index is 1.47. The zero-order valence-corrected chi connectivity index (χ0v) is 14.1. The van der Waals surface area contributed by atoms with Crippen LogP contribution in [0.2, 0.25) is 10.0 Å². The second-order valence-corrected chi connectivity index (χ2v) is 6.92. The summed E-state index contributed by atoms with van der Waals surface area (Å²) in [6, 6.07) is 17.4. The third-order valence-electron chi connectivity index (χ3n) is 4.39. The van der Waals surface area contributed by atoms with Gasteiger partial charge in [0.05, 0.1) is 23.0 Å². The molecule has 2 nitrogen and oxygen atoms in total. The Morgan fingerprint density at radius 1 is 1.00 bits per heavy atom. The van der Waals surface area contributed by atoms with Crippen LogP contribution in [0.15, 0.2) is 48.5 Å². The third kappa shape index (κ3) is 4.23. The molecule has 1 heterocycles. The molecule has 0 saturated carbocycles. The number of nitrogens with one attached hydrogen (secondary N) is 1. The summed E-state index contributed by atoms with van der Waals surface area (Å²) >= 11 is 12.0. The minimum absolute atomic E-state index is 0.629. The Bertz CT molecular complexity index is 616. The molecule has 0 amide bonds. The summed E-state index contributed by atoms with van der Waals surface area (Å²) in [5, 5.41) is 3.72. The normalized spacial score (nSPS) is 21.2. The van der Waals surface area contributed by atoms with Gasteiger partial charge in [0.25, 0.3) is 0 Å². The first-order chi connectivity index (χ1) is 10.7. The standard InChI is InChI=1S/C18H20Cl2N2/c19-17-7-6-15(10-18(17)20)11-21-16-8-9-22(13-16)12-14-4-2-1-3-5-14/h1-7,10,16,21H,8-9,11-13H2/p+2/t16-/m0/s1. The zero-order valence-electron chi connectivity index (χ0n) is 12.6. The van der Waals surface area contributed by atoms with Gasteiger partial charge < -0.3 is 10.2 Å². The van der Waals surface area contributed by atoms with Crippen LogP contribution in [0, 0.1) is 0 Å². The Morgan fingerprint density at radius 3 is 2.59 bits per heavy atom. The third-order valence-corrected chi connectivity index (χ3v) is 5.13. The first kappa shape index (κ1) is 15.8. The molecule has 22 heavy (non-hydrogen) atoms. The van der Waals surface area contributed by atoms with Crippen molar-refractivity contribution in [1.82, 2.24) is 0 Å². The fraction of sp³-hybridized carbons (Fsp3) is 0.333. The van der Waals surface area contributed by atoms with Gasteiger partial charge in [0.1, 0.15) is 25.7 Å². The summed E-state index contributed by atoms with van der Waals surface area (Å²) < 4.78 is 0. The maximum Gasteiger partial charge on any atom is 0.141 e. The SMILES string of the molecule is Clc1ccc(C[NH2+][C@H]2CC[NH+](Cc3ccccc3)C2)cc1Cl. The molecule has 2 atom stereocenters. The Labute approximate surface area is 142 Å². The van der Waals surface area contributed by atoms with Gasteiger partial charge in [0.2, 0.25) is 0 Å². The van der Waals surface area contributed by atoms with Crippen LogP contribution >= 0.6 is 23.2 Å². The van der Waals surface area contributed by atoms with Crippen LogP contribution in [0.3, 0.4) is 0 Å². The van der Waals surface area contributed by atoms with Crippen LogP contribution in [0.5, 0.6) is 0 Å². The molecule has 116 valence electrons. The smallest absolute Gasteiger partial charge is 0.141 e. The second kappa shape index (κ2) is 7.47. The van der Waals surface area contributed by atoms with E-state index < -0.39 is 0 Å². The lowest BCUT2D eigenvalue weighted by molar-refractivity contribution is -0.911. The Kier molecular flexibility index (Phi) is 5.37. The van der Waals surface area contributed by atoms with E-state index in [1.54, 1.807) is 4.90 Å². The van der Waals surface area contributed by atoms with Gasteiger partial charge in [0.15, 0.2) is 0 Å². The van der Waals surface area contributed by atoms with E-state index in [1.807, 2.05) is 12.1 Å². The fourth-order valence-corrected chi connectivity index (χ4v) is 3.50. The van der Waals surface area contributed by atoms with Gasteiger partial charge in [-0.3, -0.25) is 0 Å². The highest BCUT2D eigenvalue weighted by Gasteiger charge is 2.28. The van der Waals surface area contributed by atoms with E-state index in [0.29, 0.717) is 16.1 Å². The first-order valence-corrected chi connectivity index (χ1v) is 8.61. The molecule has 1 saturated heterocycles. The number of likely N-dealkylation sites (tertiary alicyclic amines) is 1. The predicted octanol–water partition coefficient (Wildman–Crippen LogP) is 1.91. The van der Waals surface area contributed by atoms with Gasteiger partial charge in [0, 0.05) is 11.1 Å². The highest BCUT2D eigenvalue weighted by Crippen LogP contribution is 2.22. The van der Waals surface area contributed by atoms with E-state index in [1.165, 1.54) is 30.6 Å². The molecule has 0 aromatic heterocycles. The molecule has 0 radical (unpaired) electrons. The van der Waals surface area contributed by atoms with Crippen molar-refractivity contribution in [3.63, 3.8) is 0 Å². The Morgan fingerprint density at radius 2 is 1.82 bits per heavy atom. The van der Waals surface area contributed by atoms with Crippen LogP contribution in [-0.4, -0.2) is 19.1 Å². The topological polar surface area (TPSA) is 21.1 Å². The van der Waals surface area contributed by atoms with Crippen LogP contribution in [0.1, 0.15) is 17.5 Å². The summed E-state index contributed by atoms with van der Waals surface area (Å²) in [5.41, 5.74) is 2.67. The number of halogens is 2. The largest absolute Gasteiger partial charge is 0.335 e. The van der Waals surface area contributed by atoms with E-state index in [-0.39, 0.29) is 0 Å². The molecule has 0 aliphatic carbocycles. The monoisotopic (exact) mass is 336 g/mol. The van der Waals surface area contributed by atoms with Crippen molar-refractivity contribution in [3.8, 4) is 0 Å². The minimum atomic E-state index is 0.629. The maximum atomic E-state index is 6.07. The molecule has 2 aromatic rings. The van der Waals surface area contributed by atoms with E-state index in [9.17, 15) is 0 Å². The lowest BCUT2D eigenvalue weighted by atomic mass is 10.2. The summed E-state index contributed by atoms with van der Waals surface area (Å²) in [4.78, 5) is 1.68. The molecule has 4 heteroatoms. The average Bonchev–Trinajstić information content (AvgIpc) is 2.97. The minimum Gasteiger partial charge on any atom is -0.335 e. The molecule has 1 aliphatic rings. The first-order valence-electron chi connectivity index (χ1n) is 7.85. The number of hydrogen-bond donors (Lipinski definition) is 2. The highest BCUT2D eigenvalue weighted by atomic mass is 35.5.